The number of nitrogens with one attached hydrogen (secondary N) is 3. The molecule has 0 radical (unpaired) electrons. The third-order valence-corrected chi connectivity index (χ3v) is 5.36. The van der Waals surface area contributed by atoms with Crippen LogP contribution in [0.5, 0.6) is 17.2 Å². The van der Waals surface area contributed by atoms with E-state index >= 15 is 0 Å². The molecule has 0 aliphatic carbocycles. The number of amides is 2. The van der Waals surface area contributed by atoms with Crippen LogP contribution in [0.1, 0.15) is 5.56 Å². The van der Waals surface area contributed by atoms with Crippen LogP contribution in [0.3, 0.4) is 0 Å². The number of ether oxygens (including phenoxy) is 2. The second-order valence-electron chi connectivity index (χ2n) is 7.63. The third kappa shape index (κ3) is 4.47. The number of carbonyl (C=O) groups is 1. The van der Waals surface area contributed by atoms with E-state index < -0.39 is 0 Å². The van der Waals surface area contributed by atoms with Gasteiger partial charge in [-0.3, -0.25) is 4.98 Å². The van der Waals surface area contributed by atoms with Crippen molar-refractivity contribution in [3.8, 4) is 17.2 Å². The molecule has 0 fully saturated rings. The molecule has 0 spiro atoms. The maximum absolute atomic E-state index is 13.0. The molecular weight excluding hydrogens is 435 g/mol. The molecule has 2 amide bonds. The number of hydrogen-bond acceptors (Lipinski definition) is 4. The quantitative estimate of drug-likeness (QED) is 0.293. The Balaban J connectivity index is 1.26. The summed E-state index contributed by atoms with van der Waals surface area (Å²) in [5, 5.41) is 6.48. The highest BCUT2D eigenvalue weighted by atomic mass is 19.1. The highest BCUT2D eigenvalue weighted by Crippen LogP contribution is 2.34. The van der Waals surface area contributed by atoms with Gasteiger partial charge in [-0.25, -0.2) is 9.18 Å². The van der Waals surface area contributed by atoms with Gasteiger partial charge in [0.15, 0.2) is 5.75 Å². The van der Waals surface area contributed by atoms with E-state index in [0.29, 0.717) is 23.7 Å². The predicted octanol–water partition coefficient (Wildman–Crippen LogP) is 5.98. The molecule has 0 unspecified atom stereocenters. The fourth-order valence-corrected chi connectivity index (χ4v) is 3.64. The van der Waals surface area contributed by atoms with Gasteiger partial charge in [-0.15, -0.1) is 0 Å². The topological polar surface area (TPSA) is 88.3 Å². The van der Waals surface area contributed by atoms with Gasteiger partial charge in [-0.05, 0) is 54.1 Å². The third-order valence-electron chi connectivity index (χ3n) is 5.36. The Bertz CT molecular complexity index is 1460. The van der Waals surface area contributed by atoms with Gasteiger partial charge in [0.1, 0.15) is 22.8 Å². The normalized spacial score (nSPS) is 10.9. The van der Waals surface area contributed by atoms with Gasteiger partial charge < -0.3 is 25.1 Å². The van der Waals surface area contributed by atoms with Crippen molar-refractivity contribution in [1.29, 1.82) is 0 Å². The van der Waals surface area contributed by atoms with Crippen LogP contribution < -0.4 is 20.1 Å². The molecule has 0 saturated carbocycles. The zero-order valence-corrected chi connectivity index (χ0v) is 18.3. The van der Waals surface area contributed by atoms with Gasteiger partial charge in [0.05, 0.1) is 18.1 Å². The molecule has 5 aromatic rings. The van der Waals surface area contributed by atoms with Crippen LogP contribution in [0.4, 0.5) is 14.9 Å². The first kappa shape index (κ1) is 21.3. The Hall–Kier alpha value is -4.59. The molecule has 7 nitrogen and oxygen atoms in total. The summed E-state index contributed by atoms with van der Waals surface area (Å²) in [6.45, 7) is 0.293. The first-order chi connectivity index (χ1) is 16.6. The highest BCUT2D eigenvalue weighted by Gasteiger charge is 2.12. The average Bonchev–Trinajstić information content (AvgIpc) is 3.24. The fourth-order valence-electron chi connectivity index (χ4n) is 3.64. The lowest BCUT2D eigenvalue weighted by atomic mass is 10.2. The summed E-state index contributed by atoms with van der Waals surface area (Å²) in [5.41, 5.74) is 3.92. The number of pyridine rings is 1. The number of halogens is 1. The van der Waals surface area contributed by atoms with Crippen LogP contribution in [0.25, 0.3) is 21.9 Å². The number of aromatic amines is 1. The molecule has 2 aromatic heterocycles. The molecule has 0 bridgehead atoms. The largest absolute Gasteiger partial charge is 0.497 e. The smallest absolute Gasteiger partial charge is 0.319 e. The Morgan fingerprint density at radius 3 is 2.53 bits per heavy atom. The minimum Gasteiger partial charge on any atom is -0.497 e. The summed E-state index contributed by atoms with van der Waals surface area (Å²) in [7, 11) is 1.63. The summed E-state index contributed by atoms with van der Waals surface area (Å²) in [6.07, 6.45) is 1.70. The van der Waals surface area contributed by atoms with E-state index in [1.165, 1.54) is 12.1 Å². The lowest BCUT2D eigenvalue weighted by molar-refractivity contribution is 0.251. The van der Waals surface area contributed by atoms with Crippen LogP contribution in [0.2, 0.25) is 0 Å². The van der Waals surface area contributed by atoms with Crippen LogP contribution in [0.15, 0.2) is 79.0 Å². The number of hydrogen-bond donors (Lipinski definition) is 3. The molecule has 5 rings (SSSR count). The molecule has 0 atom stereocenters. The lowest BCUT2D eigenvalue weighted by Crippen LogP contribution is -2.28. The van der Waals surface area contributed by atoms with Gasteiger partial charge >= 0.3 is 6.03 Å². The van der Waals surface area contributed by atoms with Crippen molar-refractivity contribution in [2.75, 3.05) is 12.4 Å². The van der Waals surface area contributed by atoms with E-state index in [0.717, 1.165) is 33.2 Å². The van der Waals surface area contributed by atoms with Crippen molar-refractivity contribution in [1.82, 2.24) is 15.3 Å². The van der Waals surface area contributed by atoms with Crippen molar-refractivity contribution in [3.63, 3.8) is 0 Å². The number of anilines is 1. The number of benzene rings is 3. The van der Waals surface area contributed by atoms with Crippen LogP contribution in [0, 0.1) is 5.82 Å². The zero-order valence-electron chi connectivity index (χ0n) is 18.3. The van der Waals surface area contributed by atoms with Gasteiger partial charge in [-0.1, -0.05) is 12.1 Å². The van der Waals surface area contributed by atoms with Crippen molar-refractivity contribution in [2.45, 2.75) is 6.54 Å². The molecular formula is C26H21FN4O3. The van der Waals surface area contributed by atoms with Gasteiger partial charge in [-0.2, -0.15) is 0 Å². The summed E-state index contributed by atoms with van der Waals surface area (Å²) in [6, 6.07) is 20.2. The molecule has 2 heterocycles. The van der Waals surface area contributed by atoms with E-state index in [4.69, 9.17) is 9.47 Å². The monoisotopic (exact) mass is 456 g/mol. The lowest BCUT2D eigenvalue weighted by Gasteiger charge is -2.10. The van der Waals surface area contributed by atoms with Gasteiger partial charge in [0.2, 0.25) is 0 Å². The SMILES string of the molecule is COc1ccc2c(c1)[nH]c1c(Oc3ccc(NC(=O)NCc4ccc(F)cc4)cc3)ccnc12. The van der Waals surface area contributed by atoms with Crippen LogP contribution in [-0.4, -0.2) is 23.1 Å². The van der Waals surface area contributed by atoms with Crippen molar-refractivity contribution in [2.24, 2.45) is 0 Å². The summed E-state index contributed by atoms with van der Waals surface area (Å²) >= 11 is 0. The number of urea groups is 1. The van der Waals surface area contributed by atoms with Crippen molar-refractivity contribution in [3.05, 3.63) is 90.4 Å². The van der Waals surface area contributed by atoms with Crippen molar-refractivity contribution >= 4 is 33.7 Å². The fraction of sp³-hybridized carbons (Fsp3) is 0.0769. The van der Waals surface area contributed by atoms with E-state index in [1.54, 1.807) is 55.8 Å². The summed E-state index contributed by atoms with van der Waals surface area (Å²) in [4.78, 5) is 20.0. The number of fused-ring (bicyclic) bond motifs is 3. The predicted molar refractivity (Wildman–Crippen MR) is 129 cm³/mol. The Labute approximate surface area is 194 Å². The number of aromatic nitrogens is 2. The van der Waals surface area contributed by atoms with Crippen molar-refractivity contribution < 1.29 is 18.7 Å². The number of nitrogens with zero attached hydrogens (tertiary/aromatic N) is 1. The van der Waals surface area contributed by atoms with Crippen LogP contribution >= 0.6 is 0 Å². The zero-order chi connectivity index (χ0) is 23.5. The molecule has 3 N–H and O–H groups in total. The Morgan fingerprint density at radius 1 is 1.00 bits per heavy atom. The molecule has 0 saturated heterocycles. The minimum absolute atomic E-state index is 0.293. The molecule has 170 valence electrons. The average molecular weight is 456 g/mol. The van der Waals surface area contributed by atoms with Gasteiger partial charge in [0.25, 0.3) is 0 Å². The van der Waals surface area contributed by atoms with E-state index in [1.807, 2.05) is 18.2 Å². The maximum atomic E-state index is 13.0. The standard InChI is InChI=1S/C26H21FN4O3/c1-33-20-10-11-21-22(14-20)31-25-23(12-13-28-24(21)25)34-19-8-6-18(7-9-19)30-26(32)29-15-16-2-4-17(27)5-3-16/h2-14,31H,15H2,1H3,(H2,29,30,32). The molecule has 3 aromatic carbocycles. The molecule has 34 heavy (non-hydrogen) atoms. The van der Waals surface area contributed by atoms with E-state index in [2.05, 4.69) is 20.6 Å². The number of methoxy groups -OCH3 is 1. The Kier molecular flexibility index (Phi) is 5.70. The second kappa shape index (κ2) is 9.11. The number of carbonyl (C=O) groups excluding carboxylic acids is 1. The maximum Gasteiger partial charge on any atom is 0.319 e. The molecule has 0 aliphatic heterocycles. The second-order valence-corrected chi connectivity index (χ2v) is 7.63. The first-order valence-electron chi connectivity index (χ1n) is 10.6. The van der Waals surface area contributed by atoms with Crippen LogP contribution in [-0.2, 0) is 6.54 Å². The molecule has 8 heteroatoms. The summed E-state index contributed by atoms with van der Waals surface area (Å²) in [5.74, 6) is 1.69. The number of H-pyrrole nitrogens is 1. The highest BCUT2D eigenvalue weighted by molar-refractivity contribution is 6.07. The molecule has 0 aliphatic rings. The Morgan fingerprint density at radius 2 is 1.76 bits per heavy atom. The first-order valence-corrected chi connectivity index (χ1v) is 10.6. The van der Waals surface area contributed by atoms with E-state index in [9.17, 15) is 9.18 Å². The summed E-state index contributed by atoms with van der Waals surface area (Å²) < 4.78 is 24.4. The minimum atomic E-state index is -0.359. The van der Waals surface area contributed by atoms with E-state index in [-0.39, 0.29) is 11.8 Å². The number of rotatable bonds is 6. The van der Waals surface area contributed by atoms with Gasteiger partial charge in [0, 0.05) is 35.9 Å².